The van der Waals surface area contributed by atoms with E-state index < -0.39 is 0 Å². The van der Waals surface area contributed by atoms with Gasteiger partial charge in [-0.1, -0.05) is 155 Å². The monoisotopic (exact) mass is 677 g/mol. The Bertz CT molecular complexity index is 3000. The SMILES string of the molecule is CC1(C)c2cc3ccccc3cc2-c2c1cc(N(c1ccccc1)c1c3c(cc4ccccc14)C(C)(C)c1c-3ccc3ccccc13)c1ccccc21. The molecule has 9 aromatic carbocycles. The summed E-state index contributed by atoms with van der Waals surface area (Å²) in [4.78, 5) is 2.60. The van der Waals surface area contributed by atoms with Crippen LogP contribution in [0.2, 0.25) is 0 Å². The van der Waals surface area contributed by atoms with E-state index in [1.807, 2.05) is 0 Å². The molecule has 0 aliphatic heterocycles. The van der Waals surface area contributed by atoms with Crippen LogP contribution in [0.5, 0.6) is 0 Å². The standard InChI is InChI=1S/C52H39N/c1-51(2)43-29-34-18-9-8-17-33(34)28-42(43)47-40-25-15-14-24-39(40)46(31-45(47)51)53(36-20-6-5-7-21-36)50-38-23-13-11-19-35(38)30-44-48(50)41-27-26-32-16-10-12-22-37(32)49(41)52(44,3)4/h5-31H,1-4H3. The summed E-state index contributed by atoms with van der Waals surface area (Å²) in [6, 6.07) is 61.5. The molecule has 0 amide bonds. The average molecular weight is 678 g/mol. The highest BCUT2D eigenvalue weighted by Gasteiger charge is 2.42. The highest BCUT2D eigenvalue weighted by Crippen LogP contribution is 2.60. The van der Waals surface area contributed by atoms with E-state index in [1.54, 1.807) is 0 Å². The fraction of sp³-hybridized carbons (Fsp3) is 0.115. The lowest BCUT2D eigenvalue weighted by Gasteiger charge is -2.33. The Labute approximate surface area is 310 Å². The molecule has 11 rings (SSSR count). The molecule has 0 N–H and O–H groups in total. The summed E-state index contributed by atoms with van der Waals surface area (Å²) in [5.41, 5.74) is 14.2. The molecule has 0 atom stereocenters. The third-order valence-electron chi connectivity index (χ3n) is 12.5. The first-order valence-electron chi connectivity index (χ1n) is 18.9. The van der Waals surface area contributed by atoms with Crippen LogP contribution in [0.1, 0.15) is 49.9 Å². The van der Waals surface area contributed by atoms with Gasteiger partial charge in [-0.3, -0.25) is 0 Å². The predicted octanol–water partition coefficient (Wildman–Crippen LogP) is 14.4. The lowest BCUT2D eigenvalue weighted by Crippen LogP contribution is -2.18. The second-order valence-electron chi connectivity index (χ2n) is 16.1. The quantitative estimate of drug-likeness (QED) is 0.180. The zero-order valence-corrected chi connectivity index (χ0v) is 30.5. The van der Waals surface area contributed by atoms with Gasteiger partial charge in [-0.15, -0.1) is 0 Å². The van der Waals surface area contributed by atoms with Crippen molar-refractivity contribution in [2.75, 3.05) is 4.90 Å². The molecule has 0 unspecified atom stereocenters. The summed E-state index contributed by atoms with van der Waals surface area (Å²) in [7, 11) is 0. The maximum atomic E-state index is 2.60. The third kappa shape index (κ3) is 4.08. The topological polar surface area (TPSA) is 3.24 Å². The molecule has 0 aromatic heterocycles. The van der Waals surface area contributed by atoms with Crippen LogP contribution >= 0.6 is 0 Å². The third-order valence-corrected chi connectivity index (χ3v) is 12.5. The van der Waals surface area contributed by atoms with Gasteiger partial charge >= 0.3 is 0 Å². The van der Waals surface area contributed by atoms with E-state index in [-0.39, 0.29) is 10.8 Å². The fourth-order valence-electron chi connectivity index (χ4n) is 10.0. The Morgan fingerprint density at radius 1 is 0.377 bits per heavy atom. The molecule has 2 aliphatic carbocycles. The number of hydrogen-bond acceptors (Lipinski definition) is 1. The average Bonchev–Trinajstić information content (AvgIpc) is 3.56. The van der Waals surface area contributed by atoms with E-state index in [9.17, 15) is 0 Å². The van der Waals surface area contributed by atoms with Crippen molar-refractivity contribution < 1.29 is 0 Å². The molecule has 0 radical (unpaired) electrons. The van der Waals surface area contributed by atoms with Gasteiger partial charge in [0, 0.05) is 32.9 Å². The van der Waals surface area contributed by atoms with E-state index in [4.69, 9.17) is 0 Å². The van der Waals surface area contributed by atoms with E-state index in [2.05, 4.69) is 196 Å². The summed E-state index contributed by atoms with van der Waals surface area (Å²) in [6.45, 7) is 9.67. The number of anilines is 3. The molecular weight excluding hydrogens is 639 g/mol. The fourth-order valence-corrected chi connectivity index (χ4v) is 10.0. The van der Waals surface area contributed by atoms with Gasteiger partial charge in [0.2, 0.25) is 0 Å². The van der Waals surface area contributed by atoms with Gasteiger partial charge in [0.05, 0.1) is 11.4 Å². The van der Waals surface area contributed by atoms with E-state index in [1.165, 1.54) is 99.0 Å². The number of fused-ring (bicyclic) bond motifs is 12. The van der Waals surface area contributed by atoms with Gasteiger partial charge in [-0.05, 0) is 108 Å². The maximum absolute atomic E-state index is 2.60. The molecule has 9 aromatic rings. The minimum absolute atomic E-state index is 0.190. The molecular formula is C52H39N. The lowest BCUT2D eigenvalue weighted by molar-refractivity contribution is 0.661. The lowest BCUT2D eigenvalue weighted by atomic mass is 9.79. The normalized spacial score (nSPS) is 14.7. The molecule has 0 saturated heterocycles. The molecule has 0 spiro atoms. The van der Waals surface area contributed by atoms with Crippen LogP contribution in [-0.4, -0.2) is 0 Å². The summed E-state index contributed by atoms with van der Waals surface area (Å²) in [5, 5.41) is 10.3. The summed E-state index contributed by atoms with van der Waals surface area (Å²) < 4.78 is 0. The second kappa shape index (κ2) is 10.7. The van der Waals surface area contributed by atoms with Crippen LogP contribution < -0.4 is 4.90 Å². The van der Waals surface area contributed by atoms with Gasteiger partial charge in [0.15, 0.2) is 0 Å². The number of hydrogen-bond donors (Lipinski definition) is 0. The zero-order chi connectivity index (χ0) is 35.6. The van der Waals surface area contributed by atoms with Crippen LogP contribution in [0.25, 0.3) is 65.3 Å². The molecule has 0 heterocycles. The molecule has 53 heavy (non-hydrogen) atoms. The first-order chi connectivity index (χ1) is 25.8. The predicted molar refractivity (Wildman–Crippen MR) is 226 cm³/mol. The number of benzene rings is 9. The van der Waals surface area contributed by atoms with Gasteiger partial charge in [0.25, 0.3) is 0 Å². The first-order valence-corrected chi connectivity index (χ1v) is 18.9. The molecule has 0 fully saturated rings. The molecule has 1 nitrogen and oxygen atoms in total. The molecule has 0 bridgehead atoms. The Hall–Kier alpha value is -6.18. The van der Waals surface area contributed by atoms with E-state index in [0.717, 1.165) is 5.69 Å². The molecule has 2 aliphatic rings. The minimum atomic E-state index is -0.196. The number of para-hydroxylation sites is 1. The molecule has 0 saturated carbocycles. The Morgan fingerprint density at radius 2 is 0.943 bits per heavy atom. The summed E-state index contributed by atoms with van der Waals surface area (Å²) in [6.07, 6.45) is 0. The van der Waals surface area contributed by atoms with Crippen molar-refractivity contribution >= 4 is 60.2 Å². The van der Waals surface area contributed by atoms with Crippen molar-refractivity contribution in [2.45, 2.75) is 38.5 Å². The Balaban J connectivity index is 1.29. The second-order valence-corrected chi connectivity index (χ2v) is 16.1. The van der Waals surface area contributed by atoms with Gasteiger partial charge in [0.1, 0.15) is 0 Å². The van der Waals surface area contributed by atoms with E-state index in [0.29, 0.717) is 0 Å². The van der Waals surface area contributed by atoms with Crippen LogP contribution in [0.4, 0.5) is 17.1 Å². The van der Waals surface area contributed by atoms with Crippen LogP contribution in [0.15, 0.2) is 164 Å². The van der Waals surface area contributed by atoms with Crippen molar-refractivity contribution in [2.24, 2.45) is 0 Å². The summed E-state index contributed by atoms with van der Waals surface area (Å²) >= 11 is 0. The maximum Gasteiger partial charge on any atom is 0.0621 e. The van der Waals surface area contributed by atoms with Crippen LogP contribution in [0.3, 0.4) is 0 Å². The van der Waals surface area contributed by atoms with Crippen molar-refractivity contribution in [3.05, 3.63) is 186 Å². The first kappa shape index (κ1) is 30.4. The van der Waals surface area contributed by atoms with Crippen LogP contribution in [0, 0.1) is 0 Å². The Kier molecular flexibility index (Phi) is 6.14. The molecule has 1 heteroatoms. The minimum Gasteiger partial charge on any atom is -0.309 e. The number of nitrogens with zero attached hydrogens (tertiary/aromatic N) is 1. The highest BCUT2D eigenvalue weighted by atomic mass is 15.1. The summed E-state index contributed by atoms with van der Waals surface area (Å²) in [5.74, 6) is 0. The van der Waals surface area contributed by atoms with Gasteiger partial charge < -0.3 is 4.90 Å². The zero-order valence-electron chi connectivity index (χ0n) is 30.5. The highest BCUT2D eigenvalue weighted by molar-refractivity contribution is 6.16. The van der Waals surface area contributed by atoms with Gasteiger partial charge in [-0.2, -0.15) is 0 Å². The largest absolute Gasteiger partial charge is 0.309 e. The smallest absolute Gasteiger partial charge is 0.0621 e. The van der Waals surface area contributed by atoms with Crippen LogP contribution in [-0.2, 0) is 10.8 Å². The van der Waals surface area contributed by atoms with Crippen molar-refractivity contribution in [3.8, 4) is 22.3 Å². The van der Waals surface area contributed by atoms with Crippen molar-refractivity contribution in [3.63, 3.8) is 0 Å². The Morgan fingerprint density at radius 3 is 1.70 bits per heavy atom. The van der Waals surface area contributed by atoms with Crippen molar-refractivity contribution in [1.82, 2.24) is 0 Å². The number of rotatable bonds is 3. The van der Waals surface area contributed by atoms with E-state index >= 15 is 0 Å². The van der Waals surface area contributed by atoms with Crippen molar-refractivity contribution in [1.29, 1.82) is 0 Å². The molecule has 252 valence electrons. The van der Waals surface area contributed by atoms with Gasteiger partial charge in [-0.25, -0.2) is 0 Å².